The molecule has 1 heterocycles. The van der Waals surface area contributed by atoms with Crippen molar-refractivity contribution in [1.82, 2.24) is 5.32 Å². The number of carboxylic acid groups (broad SMARTS) is 1. The molecule has 1 saturated carbocycles. The Hall–Kier alpha value is -1.40. The van der Waals surface area contributed by atoms with Crippen LogP contribution >= 0.6 is 11.3 Å². The average Bonchev–Trinajstić information content (AvgIpc) is 2.79. The zero-order valence-electron chi connectivity index (χ0n) is 10.7. The first kappa shape index (κ1) is 14.0. The van der Waals surface area contributed by atoms with E-state index in [0.717, 1.165) is 12.0 Å². The SMILES string of the molecule is COC1([C@H](NC(=O)Cc2ccsc2)C(=O)O)CCC1. The van der Waals surface area contributed by atoms with Crippen molar-refractivity contribution >= 4 is 23.2 Å². The Kier molecular flexibility index (Phi) is 4.21. The van der Waals surface area contributed by atoms with Gasteiger partial charge < -0.3 is 15.2 Å². The zero-order chi connectivity index (χ0) is 13.9. The molecule has 2 N–H and O–H groups in total. The number of carboxylic acids is 1. The lowest BCUT2D eigenvalue weighted by Gasteiger charge is -2.44. The van der Waals surface area contributed by atoms with E-state index in [1.807, 2.05) is 16.8 Å². The van der Waals surface area contributed by atoms with E-state index in [4.69, 9.17) is 4.74 Å². The van der Waals surface area contributed by atoms with Gasteiger partial charge in [-0.2, -0.15) is 11.3 Å². The van der Waals surface area contributed by atoms with Crippen LogP contribution in [0.3, 0.4) is 0 Å². The van der Waals surface area contributed by atoms with Gasteiger partial charge >= 0.3 is 5.97 Å². The molecule has 19 heavy (non-hydrogen) atoms. The molecule has 0 saturated heterocycles. The summed E-state index contributed by atoms with van der Waals surface area (Å²) < 4.78 is 5.34. The van der Waals surface area contributed by atoms with Gasteiger partial charge in [-0.05, 0) is 41.7 Å². The van der Waals surface area contributed by atoms with Crippen molar-refractivity contribution in [3.63, 3.8) is 0 Å². The third kappa shape index (κ3) is 2.96. The van der Waals surface area contributed by atoms with Gasteiger partial charge in [0.05, 0.1) is 12.0 Å². The highest BCUT2D eigenvalue weighted by molar-refractivity contribution is 7.07. The van der Waals surface area contributed by atoms with Gasteiger partial charge in [-0.25, -0.2) is 4.79 Å². The number of ether oxygens (including phenoxy) is 1. The maximum absolute atomic E-state index is 11.9. The molecule has 0 radical (unpaired) electrons. The lowest BCUT2D eigenvalue weighted by molar-refractivity contribution is -0.160. The molecular formula is C13H17NO4S. The molecule has 1 aromatic heterocycles. The van der Waals surface area contributed by atoms with Gasteiger partial charge in [0.25, 0.3) is 0 Å². The van der Waals surface area contributed by atoms with Crippen molar-refractivity contribution in [3.05, 3.63) is 22.4 Å². The number of nitrogens with one attached hydrogen (secondary N) is 1. The van der Waals surface area contributed by atoms with Crippen molar-refractivity contribution in [2.75, 3.05) is 7.11 Å². The molecule has 1 aliphatic carbocycles. The quantitative estimate of drug-likeness (QED) is 0.828. The van der Waals surface area contributed by atoms with E-state index in [0.29, 0.717) is 12.8 Å². The van der Waals surface area contributed by atoms with Gasteiger partial charge in [0.15, 0.2) is 6.04 Å². The topological polar surface area (TPSA) is 75.6 Å². The molecule has 0 unspecified atom stereocenters. The standard InChI is InChI=1S/C13H17NO4S/c1-18-13(4-2-5-13)11(12(16)17)14-10(15)7-9-3-6-19-8-9/h3,6,8,11H,2,4-5,7H2,1H3,(H,14,15)(H,16,17)/t11-/m1/s1. The predicted molar refractivity (Wildman–Crippen MR) is 71.2 cm³/mol. The van der Waals surface area contributed by atoms with Crippen molar-refractivity contribution in [2.24, 2.45) is 0 Å². The van der Waals surface area contributed by atoms with Crippen LogP contribution in [-0.2, 0) is 20.7 Å². The smallest absolute Gasteiger partial charge is 0.329 e. The summed E-state index contributed by atoms with van der Waals surface area (Å²) in [6.45, 7) is 0. The molecule has 6 heteroatoms. The van der Waals surface area contributed by atoms with Gasteiger partial charge in [0.1, 0.15) is 0 Å². The highest BCUT2D eigenvalue weighted by Crippen LogP contribution is 2.38. The minimum atomic E-state index is -1.04. The highest BCUT2D eigenvalue weighted by Gasteiger charge is 2.49. The van der Waals surface area contributed by atoms with Gasteiger partial charge in [-0.1, -0.05) is 0 Å². The molecule has 0 aromatic carbocycles. The van der Waals surface area contributed by atoms with Crippen molar-refractivity contribution in [1.29, 1.82) is 0 Å². The molecule has 2 rings (SSSR count). The molecule has 0 spiro atoms. The van der Waals surface area contributed by atoms with E-state index in [1.54, 1.807) is 0 Å². The lowest BCUT2D eigenvalue weighted by atomic mass is 9.74. The highest BCUT2D eigenvalue weighted by atomic mass is 32.1. The number of hydrogen-bond donors (Lipinski definition) is 2. The Morgan fingerprint density at radius 2 is 2.32 bits per heavy atom. The van der Waals surface area contributed by atoms with Gasteiger partial charge in [0.2, 0.25) is 5.91 Å². The first-order valence-electron chi connectivity index (χ1n) is 6.16. The Bertz CT molecular complexity index is 448. The minimum absolute atomic E-state index is 0.201. The maximum Gasteiger partial charge on any atom is 0.329 e. The van der Waals surface area contributed by atoms with Gasteiger partial charge in [0, 0.05) is 7.11 Å². The molecular weight excluding hydrogens is 266 g/mol. The minimum Gasteiger partial charge on any atom is -0.480 e. The number of carbonyl (C=O) groups excluding carboxylic acids is 1. The number of amides is 1. The molecule has 1 amide bonds. The second kappa shape index (κ2) is 5.71. The van der Waals surface area contributed by atoms with E-state index in [2.05, 4.69) is 5.32 Å². The fourth-order valence-corrected chi connectivity index (χ4v) is 3.01. The summed E-state index contributed by atoms with van der Waals surface area (Å²) in [6, 6.07) is 0.882. The third-order valence-corrected chi connectivity index (χ3v) is 4.36. The molecule has 1 aromatic rings. The summed E-state index contributed by atoms with van der Waals surface area (Å²) in [5.74, 6) is -1.32. The third-order valence-electron chi connectivity index (χ3n) is 3.63. The summed E-state index contributed by atoms with van der Waals surface area (Å²) in [5.41, 5.74) is 0.155. The first-order chi connectivity index (χ1) is 9.07. The van der Waals surface area contributed by atoms with Crippen LogP contribution in [0.1, 0.15) is 24.8 Å². The number of carbonyl (C=O) groups is 2. The normalized spacial score (nSPS) is 18.4. The number of thiophene rings is 1. The van der Waals surface area contributed by atoms with Crippen molar-refractivity contribution in [3.8, 4) is 0 Å². The van der Waals surface area contributed by atoms with Crippen molar-refractivity contribution in [2.45, 2.75) is 37.3 Å². The largest absolute Gasteiger partial charge is 0.480 e. The Morgan fingerprint density at radius 1 is 1.58 bits per heavy atom. The number of hydrogen-bond acceptors (Lipinski definition) is 4. The lowest BCUT2D eigenvalue weighted by Crippen LogP contribution is -2.61. The molecule has 1 atom stereocenters. The van der Waals surface area contributed by atoms with Gasteiger partial charge in [-0.15, -0.1) is 0 Å². The van der Waals surface area contributed by atoms with Crippen LogP contribution in [-0.4, -0.2) is 35.7 Å². The summed E-state index contributed by atoms with van der Waals surface area (Å²) in [5, 5.41) is 15.6. The van der Waals surface area contributed by atoms with Crippen LogP contribution in [0.25, 0.3) is 0 Å². The monoisotopic (exact) mass is 283 g/mol. The van der Waals surface area contributed by atoms with Gasteiger partial charge in [-0.3, -0.25) is 4.79 Å². The summed E-state index contributed by atoms with van der Waals surface area (Å²) in [6.07, 6.45) is 2.46. The molecule has 1 aliphatic rings. The molecule has 104 valence electrons. The molecule has 1 fully saturated rings. The van der Waals surface area contributed by atoms with Crippen LogP contribution in [0.2, 0.25) is 0 Å². The fourth-order valence-electron chi connectivity index (χ4n) is 2.34. The fraction of sp³-hybridized carbons (Fsp3) is 0.538. The summed E-state index contributed by atoms with van der Waals surface area (Å²) in [4.78, 5) is 23.2. The number of aliphatic carboxylic acids is 1. The number of rotatable bonds is 6. The van der Waals surface area contributed by atoms with Crippen LogP contribution < -0.4 is 5.32 Å². The number of methoxy groups -OCH3 is 1. The van der Waals surface area contributed by atoms with E-state index >= 15 is 0 Å². The van der Waals surface area contributed by atoms with Crippen LogP contribution in [0.4, 0.5) is 0 Å². The average molecular weight is 283 g/mol. The maximum atomic E-state index is 11.9. The summed E-state index contributed by atoms with van der Waals surface area (Å²) >= 11 is 1.51. The van der Waals surface area contributed by atoms with E-state index in [-0.39, 0.29) is 12.3 Å². The van der Waals surface area contributed by atoms with E-state index in [1.165, 1.54) is 18.4 Å². The molecule has 0 aliphatic heterocycles. The molecule has 0 bridgehead atoms. The van der Waals surface area contributed by atoms with E-state index in [9.17, 15) is 14.7 Å². The van der Waals surface area contributed by atoms with E-state index < -0.39 is 17.6 Å². The van der Waals surface area contributed by atoms with Crippen LogP contribution in [0.5, 0.6) is 0 Å². The Morgan fingerprint density at radius 3 is 2.74 bits per heavy atom. The zero-order valence-corrected chi connectivity index (χ0v) is 11.5. The van der Waals surface area contributed by atoms with Crippen LogP contribution in [0.15, 0.2) is 16.8 Å². The summed E-state index contributed by atoms with van der Waals surface area (Å²) in [7, 11) is 1.50. The predicted octanol–water partition coefficient (Wildman–Crippen LogP) is 1.43. The second-order valence-corrected chi connectivity index (χ2v) is 5.55. The first-order valence-corrected chi connectivity index (χ1v) is 7.10. The Balaban J connectivity index is 2.01. The molecule has 5 nitrogen and oxygen atoms in total. The van der Waals surface area contributed by atoms with Crippen molar-refractivity contribution < 1.29 is 19.4 Å². The second-order valence-electron chi connectivity index (χ2n) is 4.77. The van der Waals surface area contributed by atoms with Crippen LogP contribution in [0, 0.1) is 0 Å². The Labute approximate surface area is 115 Å².